The number of hydrogen-bond donors (Lipinski definition) is 3. The summed E-state index contributed by atoms with van der Waals surface area (Å²) in [5.41, 5.74) is 12.8. The maximum Gasteiger partial charge on any atom is 0.246 e. The van der Waals surface area contributed by atoms with Crippen LogP contribution in [0.5, 0.6) is 0 Å². The largest absolute Gasteiger partial charge is 0.368 e. The lowest BCUT2D eigenvalue weighted by atomic mass is 9.86. The summed E-state index contributed by atoms with van der Waals surface area (Å²) in [4.78, 5) is 26.4. The average Bonchev–Trinajstić information content (AvgIpc) is 2.18. The van der Waals surface area contributed by atoms with Crippen molar-refractivity contribution in [1.82, 2.24) is 5.48 Å². The standard InChI is InChI=1S/C9H17N3O3/c10-7-3-1-6(2-4-7)9(14)12-15-5-8(11)13/h6-7H,1-5,10H2,(H2,11,13)(H,12,14). The van der Waals surface area contributed by atoms with E-state index < -0.39 is 5.91 Å². The van der Waals surface area contributed by atoms with E-state index in [0.29, 0.717) is 0 Å². The lowest BCUT2D eigenvalue weighted by Gasteiger charge is -2.24. The molecule has 5 N–H and O–H groups in total. The zero-order valence-electron chi connectivity index (χ0n) is 8.57. The van der Waals surface area contributed by atoms with Crippen molar-refractivity contribution in [1.29, 1.82) is 0 Å². The van der Waals surface area contributed by atoms with Crippen LogP contribution in [0.3, 0.4) is 0 Å². The maximum atomic E-state index is 11.5. The number of hydroxylamine groups is 1. The molecule has 0 aromatic rings. The monoisotopic (exact) mass is 215 g/mol. The molecule has 0 unspecified atom stereocenters. The van der Waals surface area contributed by atoms with E-state index in [1.807, 2.05) is 0 Å². The van der Waals surface area contributed by atoms with Crippen molar-refractivity contribution in [3.8, 4) is 0 Å². The zero-order valence-corrected chi connectivity index (χ0v) is 8.57. The molecule has 0 saturated heterocycles. The van der Waals surface area contributed by atoms with E-state index in [4.69, 9.17) is 11.5 Å². The number of hydrogen-bond acceptors (Lipinski definition) is 4. The fraction of sp³-hybridized carbons (Fsp3) is 0.778. The molecule has 1 rings (SSSR count). The highest BCUT2D eigenvalue weighted by Crippen LogP contribution is 2.22. The molecule has 0 aromatic carbocycles. The van der Waals surface area contributed by atoms with Crippen LogP contribution in [-0.4, -0.2) is 24.5 Å². The molecule has 1 saturated carbocycles. The quantitative estimate of drug-likeness (QED) is 0.525. The predicted molar refractivity (Wildman–Crippen MR) is 53.2 cm³/mol. The van der Waals surface area contributed by atoms with Crippen LogP contribution >= 0.6 is 0 Å². The minimum atomic E-state index is -0.610. The van der Waals surface area contributed by atoms with Gasteiger partial charge in [-0.1, -0.05) is 0 Å². The molecule has 6 nitrogen and oxygen atoms in total. The Morgan fingerprint density at radius 2 is 1.87 bits per heavy atom. The Labute approximate surface area is 88.3 Å². The normalized spacial score (nSPS) is 25.9. The van der Waals surface area contributed by atoms with Crippen molar-refractivity contribution < 1.29 is 14.4 Å². The topological polar surface area (TPSA) is 107 Å². The second kappa shape index (κ2) is 5.67. The Morgan fingerprint density at radius 1 is 1.27 bits per heavy atom. The molecule has 1 fully saturated rings. The summed E-state index contributed by atoms with van der Waals surface area (Å²) in [6, 6.07) is 0.209. The molecule has 0 aromatic heterocycles. The number of primary amides is 1. The van der Waals surface area contributed by atoms with Gasteiger partial charge >= 0.3 is 0 Å². The van der Waals surface area contributed by atoms with Crippen LogP contribution < -0.4 is 16.9 Å². The fourth-order valence-corrected chi connectivity index (χ4v) is 1.64. The maximum absolute atomic E-state index is 11.5. The Kier molecular flexibility index (Phi) is 4.51. The van der Waals surface area contributed by atoms with Crippen LogP contribution in [0, 0.1) is 5.92 Å². The molecule has 0 heterocycles. The summed E-state index contributed by atoms with van der Waals surface area (Å²) in [7, 11) is 0. The molecule has 0 aliphatic heterocycles. The first kappa shape index (κ1) is 11.9. The summed E-state index contributed by atoms with van der Waals surface area (Å²) in [5.74, 6) is -0.859. The number of nitrogens with two attached hydrogens (primary N) is 2. The van der Waals surface area contributed by atoms with E-state index in [2.05, 4.69) is 10.3 Å². The zero-order chi connectivity index (χ0) is 11.3. The van der Waals surface area contributed by atoms with E-state index in [0.717, 1.165) is 25.7 Å². The van der Waals surface area contributed by atoms with Gasteiger partial charge in [0.1, 0.15) is 0 Å². The van der Waals surface area contributed by atoms with Crippen LogP contribution in [-0.2, 0) is 14.4 Å². The van der Waals surface area contributed by atoms with Gasteiger partial charge in [0.15, 0.2) is 6.61 Å². The van der Waals surface area contributed by atoms with Crippen molar-refractivity contribution in [2.24, 2.45) is 17.4 Å². The SMILES string of the molecule is NC(=O)CONC(=O)C1CCC(N)CC1. The van der Waals surface area contributed by atoms with Gasteiger partial charge in [0.05, 0.1) is 0 Å². The summed E-state index contributed by atoms with van der Waals surface area (Å²) >= 11 is 0. The Balaban J connectivity index is 2.19. The third-order valence-corrected chi connectivity index (χ3v) is 2.53. The third kappa shape index (κ3) is 4.26. The van der Waals surface area contributed by atoms with E-state index >= 15 is 0 Å². The van der Waals surface area contributed by atoms with E-state index in [9.17, 15) is 9.59 Å². The Hall–Kier alpha value is -1.14. The van der Waals surface area contributed by atoms with Gasteiger partial charge in [0.2, 0.25) is 11.8 Å². The lowest BCUT2D eigenvalue weighted by Crippen LogP contribution is -2.37. The van der Waals surface area contributed by atoms with E-state index in [1.54, 1.807) is 0 Å². The van der Waals surface area contributed by atoms with Crippen LogP contribution in [0.15, 0.2) is 0 Å². The molecule has 1 aliphatic carbocycles. The van der Waals surface area contributed by atoms with Gasteiger partial charge in [0, 0.05) is 12.0 Å². The molecular formula is C9H17N3O3. The highest BCUT2D eigenvalue weighted by molar-refractivity contribution is 5.78. The molecule has 0 radical (unpaired) electrons. The predicted octanol–water partition coefficient (Wildman–Crippen LogP) is -0.963. The smallest absolute Gasteiger partial charge is 0.246 e. The average molecular weight is 215 g/mol. The number of carbonyl (C=O) groups excluding carboxylic acids is 2. The van der Waals surface area contributed by atoms with Gasteiger partial charge in [-0.25, -0.2) is 5.48 Å². The molecule has 0 atom stereocenters. The second-order valence-corrected chi connectivity index (χ2v) is 3.83. The first-order valence-electron chi connectivity index (χ1n) is 5.05. The number of amides is 2. The third-order valence-electron chi connectivity index (χ3n) is 2.53. The molecule has 6 heteroatoms. The minimum absolute atomic E-state index is 0.0577. The van der Waals surface area contributed by atoms with Crippen molar-refractivity contribution in [2.45, 2.75) is 31.7 Å². The van der Waals surface area contributed by atoms with Crippen molar-refractivity contribution >= 4 is 11.8 Å². The van der Waals surface area contributed by atoms with Crippen LogP contribution in [0.25, 0.3) is 0 Å². The first-order valence-corrected chi connectivity index (χ1v) is 5.05. The minimum Gasteiger partial charge on any atom is -0.368 e. The van der Waals surface area contributed by atoms with Gasteiger partial charge in [-0.05, 0) is 25.7 Å². The van der Waals surface area contributed by atoms with Crippen LogP contribution in [0.4, 0.5) is 0 Å². The van der Waals surface area contributed by atoms with Gasteiger partial charge < -0.3 is 11.5 Å². The number of carbonyl (C=O) groups is 2. The van der Waals surface area contributed by atoms with Gasteiger partial charge in [-0.2, -0.15) is 0 Å². The molecule has 0 bridgehead atoms. The van der Waals surface area contributed by atoms with Crippen LogP contribution in [0.2, 0.25) is 0 Å². The number of nitrogens with one attached hydrogen (secondary N) is 1. The lowest BCUT2D eigenvalue weighted by molar-refractivity contribution is -0.142. The van der Waals surface area contributed by atoms with Crippen molar-refractivity contribution in [3.63, 3.8) is 0 Å². The summed E-state index contributed by atoms with van der Waals surface area (Å²) in [5, 5.41) is 0. The summed E-state index contributed by atoms with van der Waals surface area (Å²) in [6.45, 7) is -0.294. The van der Waals surface area contributed by atoms with Crippen molar-refractivity contribution in [3.05, 3.63) is 0 Å². The first-order chi connectivity index (χ1) is 7.09. The molecule has 1 aliphatic rings. The highest BCUT2D eigenvalue weighted by Gasteiger charge is 2.24. The van der Waals surface area contributed by atoms with Gasteiger partial charge in [-0.3, -0.25) is 14.4 Å². The van der Waals surface area contributed by atoms with Gasteiger partial charge in [0.25, 0.3) is 0 Å². The molecule has 0 spiro atoms. The Morgan fingerprint density at radius 3 is 2.40 bits per heavy atom. The molecule has 86 valence electrons. The summed E-state index contributed by atoms with van der Waals surface area (Å²) in [6.07, 6.45) is 3.25. The van der Waals surface area contributed by atoms with Crippen molar-refractivity contribution in [2.75, 3.05) is 6.61 Å². The summed E-state index contributed by atoms with van der Waals surface area (Å²) < 4.78 is 0. The number of rotatable bonds is 4. The van der Waals surface area contributed by atoms with Crippen LogP contribution in [0.1, 0.15) is 25.7 Å². The van der Waals surface area contributed by atoms with Gasteiger partial charge in [-0.15, -0.1) is 0 Å². The highest BCUT2D eigenvalue weighted by atomic mass is 16.7. The Bertz CT molecular complexity index is 237. The molecule has 2 amide bonds. The molecular weight excluding hydrogens is 198 g/mol. The fourth-order valence-electron chi connectivity index (χ4n) is 1.64. The molecule has 15 heavy (non-hydrogen) atoms. The van der Waals surface area contributed by atoms with E-state index in [1.165, 1.54) is 0 Å². The second-order valence-electron chi connectivity index (χ2n) is 3.83. The van der Waals surface area contributed by atoms with E-state index in [-0.39, 0.29) is 24.5 Å².